The summed E-state index contributed by atoms with van der Waals surface area (Å²) < 4.78 is 6.67. The number of rotatable bonds is 2. The summed E-state index contributed by atoms with van der Waals surface area (Å²) >= 11 is 0. The maximum Gasteiger partial charge on any atom is 0.335 e. The number of hydrogen-bond acceptors (Lipinski definition) is 3. The van der Waals surface area contributed by atoms with Crippen molar-refractivity contribution >= 4 is 16.9 Å². The van der Waals surface area contributed by atoms with Gasteiger partial charge in [-0.1, -0.05) is 0 Å². The number of hydrogen-bond donors (Lipinski definition) is 1. The molecule has 0 aliphatic heterocycles. The van der Waals surface area contributed by atoms with Gasteiger partial charge in [-0.05, 0) is 18.2 Å². The van der Waals surface area contributed by atoms with Crippen LogP contribution in [-0.4, -0.2) is 28.0 Å². The zero-order chi connectivity index (χ0) is 11.0. The van der Waals surface area contributed by atoms with Crippen LogP contribution in [0.3, 0.4) is 0 Å². The second-order valence-electron chi connectivity index (χ2n) is 3.17. The van der Waals surface area contributed by atoms with Gasteiger partial charge in [-0.2, -0.15) is 0 Å². The van der Waals surface area contributed by atoms with Crippen molar-refractivity contribution in [2.75, 3.05) is 7.11 Å². The number of ether oxygens (including phenoxy) is 1. The molecule has 15 heavy (non-hydrogen) atoms. The van der Waals surface area contributed by atoms with Crippen LogP contribution in [0, 0.1) is 0 Å². The van der Waals surface area contributed by atoms with Crippen LogP contribution in [-0.2, 0) is 7.05 Å². The van der Waals surface area contributed by atoms with Gasteiger partial charge < -0.3 is 9.84 Å². The third-order valence-electron chi connectivity index (χ3n) is 2.26. The molecule has 0 unspecified atom stereocenters. The first-order valence-electron chi connectivity index (χ1n) is 4.37. The van der Waals surface area contributed by atoms with Gasteiger partial charge >= 0.3 is 5.97 Å². The largest absolute Gasteiger partial charge is 0.479 e. The number of methoxy groups -OCH3 is 1. The first-order chi connectivity index (χ1) is 7.13. The van der Waals surface area contributed by atoms with Gasteiger partial charge in [0.15, 0.2) is 0 Å². The molecule has 0 bridgehead atoms. The highest BCUT2D eigenvalue weighted by atomic mass is 16.5. The molecule has 2 rings (SSSR count). The van der Waals surface area contributed by atoms with Gasteiger partial charge in [0.2, 0.25) is 5.88 Å². The maximum absolute atomic E-state index is 10.8. The fourth-order valence-corrected chi connectivity index (χ4v) is 1.51. The van der Waals surface area contributed by atoms with E-state index in [1.807, 2.05) is 0 Å². The van der Waals surface area contributed by atoms with Crippen LogP contribution in [0.25, 0.3) is 10.9 Å². The minimum Gasteiger partial charge on any atom is -0.479 e. The summed E-state index contributed by atoms with van der Waals surface area (Å²) in [5, 5.41) is 13.8. The Hall–Kier alpha value is -2.04. The number of nitrogens with zero attached hydrogens (tertiary/aromatic N) is 2. The molecule has 5 nitrogen and oxygen atoms in total. The zero-order valence-electron chi connectivity index (χ0n) is 8.39. The number of aromatic carboxylic acids is 1. The molecule has 78 valence electrons. The topological polar surface area (TPSA) is 64.4 Å². The Morgan fingerprint density at radius 2 is 2.27 bits per heavy atom. The van der Waals surface area contributed by atoms with E-state index in [2.05, 4.69) is 5.10 Å². The number of carbonyl (C=O) groups is 1. The number of aryl methyl sites for hydroxylation is 1. The Bertz CT molecular complexity index is 531. The molecule has 1 aromatic carbocycles. The third kappa shape index (κ3) is 1.41. The van der Waals surface area contributed by atoms with Gasteiger partial charge in [-0.3, -0.25) is 4.68 Å². The molecule has 5 heteroatoms. The average molecular weight is 206 g/mol. The Morgan fingerprint density at radius 3 is 2.87 bits per heavy atom. The van der Waals surface area contributed by atoms with E-state index in [1.54, 1.807) is 23.9 Å². The molecule has 0 spiro atoms. The smallest absolute Gasteiger partial charge is 0.335 e. The predicted molar refractivity (Wildman–Crippen MR) is 54.2 cm³/mol. The molecule has 0 fully saturated rings. The lowest BCUT2D eigenvalue weighted by Crippen LogP contribution is -1.96. The van der Waals surface area contributed by atoms with E-state index < -0.39 is 5.97 Å². The van der Waals surface area contributed by atoms with E-state index in [1.165, 1.54) is 13.2 Å². The monoisotopic (exact) mass is 206 g/mol. The highest BCUT2D eigenvalue weighted by molar-refractivity contribution is 5.94. The van der Waals surface area contributed by atoms with Gasteiger partial charge in [-0.15, -0.1) is 5.10 Å². The lowest BCUT2D eigenvalue weighted by molar-refractivity contribution is 0.0697. The highest BCUT2D eigenvalue weighted by Gasteiger charge is 2.11. The van der Waals surface area contributed by atoms with E-state index in [-0.39, 0.29) is 5.56 Å². The van der Waals surface area contributed by atoms with Gasteiger partial charge in [0, 0.05) is 7.05 Å². The number of fused-ring (bicyclic) bond motifs is 1. The molecule has 1 N–H and O–H groups in total. The maximum atomic E-state index is 10.8. The van der Waals surface area contributed by atoms with E-state index in [0.717, 1.165) is 10.9 Å². The van der Waals surface area contributed by atoms with Crippen LogP contribution in [0.1, 0.15) is 10.4 Å². The van der Waals surface area contributed by atoms with Crippen LogP contribution in [0.2, 0.25) is 0 Å². The molecule has 1 heterocycles. The Labute approximate surface area is 85.9 Å². The van der Waals surface area contributed by atoms with Crippen LogP contribution < -0.4 is 4.74 Å². The fourth-order valence-electron chi connectivity index (χ4n) is 1.51. The van der Waals surface area contributed by atoms with Gasteiger partial charge in [-0.25, -0.2) is 4.79 Å². The first kappa shape index (κ1) is 9.51. The van der Waals surface area contributed by atoms with Crippen molar-refractivity contribution < 1.29 is 14.6 Å². The minimum atomic E-state index is -0.947. The van der Waals surface area contributed by atoms with Crippen molar-refractivity contribution in [1.82, 2.24) is 9.78 Å². The van der Waals surface area contributed by atoms with Crippen molar-refractivity contribution in [2.45, 2.75) is 0 Å². The molecule has 0 saturated heterocycles. The summed E-state index contributed by atoms with van der Waals surface area (Å²) in [7, 11) is 3.28. The SMILES string of the molecule is COc1nn(C)c2cc(C(=O)O)ccc12. The summed E-state index contributed by atoms with van der Waals surface area (Å²) in [5.74, 6) is -0.443. The minimum absolute atomic E-state index is 0.244. The van der Waals surface area contributed by atoms with Gasteiger partial charge in [0.1, 0.15) is 0 Å². The molecule has 0 radical (unpaired) electrons. The lowest BCUT2D eigenvalue weighted by atomic mass is 10.1. The van der Waals surface area contributed by atoms with Crippen LogP contribution >= 0.6 is 0 Å². The van der Waals surface area contributed by atoms with E-state index in [9.17, 15) is 4.79 Å². The Balaban J connectivity index is 2.72. The van der Waals surface area contributed by atoms with Crippen molar-refractivity contribution in [3.63, 3.8) is 0 Å². The summed E-state index contributed by atoms with van der Waals surface area (Å²) in [4.78, 5) is 10.8. The van der Waals surface area contributed by atoms with E-state index >= 15 is 0 Å². The zero-order valence-corrected chi connectivity index (χ0v) is 8.39. The first-order valence-corrected chi connectivity index (χ1v) is 4.37. The Morgan fingerprint density at radius 1 is 1.53 bits per heavy atom. The van der Waals surface area contributed by atoms with Crippen molar-refractivity contribution in [3.05, 3.63) is 23.8 Å². The normalized spacial score (nSPS) is 10.5. The second kappa shape index (κ2) is 3.27. The van der Waals surface area contributed by atoms with Crippen molar-refractivity contribution in [3.8, 4) is 5.88 Å². The number of benzene rings is 1. The molecular formula is C10H10N2O3. The molecule has 1 aromatic heterocycles. The number of aromatic nitrogens is 2. The van der Waals surface area contributed by atoms with Crippen molar-refractivity contribution in [2.24, 2.45) is 7.05 Å². The molecule has 0 aliphatic rings. The number of carboxylic acids is 1. The third-order valence-corrected chi connectivity index (χ3v) is 2.26. The van der Waals surface area contributed by atoms with Gasteiger partial charge in [0.05, 0.1) is 23.6 Å². The molecule has 0 atom stereocenters. The van der Waals surface area contributed by atoms with Crippen molar-refractivity contribution in [1.29, 1.82) is 0 Å². The standard InChI is InChI=1S/C10H10N2O3/c1-12-8-5-6(10(13)14)3-4-7(8)9(11-12)15-2/h3-5H,1-2H3,(H,13,14). The second-order valence-corrected chi connectivity index (χ2v) is 3.17. The molecule has 2 aromatic rings. The summed E-state index contributed by atoms with van der Waals surface area (Å²) in [6.07, 6.45) is 0. The fraction of sp³-hybridized carbons (Fsp3) is 0.200. The highest BCUT2D eigenvalue weighted by Crippen LogP contribution is 2.24. The van der Waals surface area contributed by atoms with Gasteiger partial charge in [0.25, 0.3) is 0 Å². The summed E-state index contributed by atoms with van der Waals surface area (Å²) in [5.41, 5.74) is 0.986. The van der Waals surface area contributed by atoms with Crippen LogP contribution in [0.5, 0.6) is 5.88 Å². The van der Waals surface area contributed by atoms with Crippen LogP contribution in [0.4, 0.5) is 0 Å². The average Bonchev–Trinajstić information content (AvgIpc) is 2.55. The van der Waals surface area contributed by atoms with E-state index in [4.69, 9.17) is 9.84 Å². The predicted octanol–water partition coefficient (Wildman–Crippen LogP) is 1.28. The quantitative estimate of drug-likeness (QED) is 0.803. The molecule has 0 aliphatic carbocycles. The molecule has 0 amide bonds. The number of carboxylic acid groups (broad SMARTS) is 1. The summed E-state index contributed by atoms with van der Waals surface area (Å²) in [6, 6.07) is 4.81. The Kier molecular flexibility index (Phi) is 2.07. The van der Waals surface area contributed by atoms with E-state index in [0.29, 0.717) is 5.88 Å². The van der Waals surface area contributed by atoms with Crippen LogP contribution in [0.15, 0.2) is 18.2 Å². The lowest BCUT2D eigenvalue weighted by Gasteiger charge is -1.96. The molecule has 0 saturated carbocycles. The molecular weight excluding hydrogens is 196 g/mol. The summed E-state index contributed by atoms with van der Waals surface area (Å²) in [6.45, 7) is 0.